The van der Waals surface area contributed by atoms with E-state index in [2.05, 4.69) is 4.90 Å². The zero-order valence-corrected chi connectivity index (χ0v) is 16.3. The summed E-state index contributed by atoms with van der Waals surface area (Å²) < 4.78 is 5.94. The fourth-order valence-electron chi connectivity index (χ4n) is 4.34. The summed E-state index contributed by atoms with van der Waals surface area (Å²) >= 11 is 6.05. The highest BCUT2D eigenvalue weighted by Crippen LogP contribution is 2.46. The molecule has 2 aromatic carbocycles. The molecule has 2 fully saturated rings. The van der Waals surface area contributed by atoms with Crippen LogP contribution in [0.5, 0.6) is 5.75 Å². The number of piperidine rings is 1. The third kappa shape index (κ3) is 3.84. The zero-order valence-electron chi connectivity index (χ0n) is 15.6. The Bertz CT molecular complexity index is 771. The highest BCUT2D eigenvalue weighted by Gasteiger charge is 2.48. The van der Waals surface area contributed by atoms with Crippen LogP contribution in [0.25, 0.3) is 0 Å². The molecular formula is C23H26ClNO2. The Hall–Kier alpha value is -2.00. The summed E-state index contributed by atoms with van der Waals surface area (Å²) in [4.78, 5) is 15.5. The highest BCUT2D eigenvalue weighted by molar-refractivity contribution is 6.30. The molecule has 1 aliphatic heterocycles. The van der Waals surface area contributed by atoms with Crippen LogP contribution in [-0.2, 0) is 10.2 Å². The van der Waals surface area contributed by atoms with Gasteiger partial charge in [-0.25, -0.2) is 0 Å². The van der Waals surface area contributed by atoms with Crippen molar-refractivity contribution in [2.75, 3.05) is 19.7 Å². The summed E-state index contributed by atoms with van der Waals surface area (Å²) in [5.41, 5.74) is 0.776. The van der Waals surface area contributed by atoms with Crippen LogP contribution in [0.2, 0.25) is 5.02 Å². The molecule has 3 nitrogen and oxygen atoms in total. The Labute approximate surface area is 166 Å². The molecule has 0 aromatic heterocycles. The van der Waals surface area contributed by atoms with Gasteiger partial charge < -0.3 is 9.64 Å². The van der Waals surface area contributed by atoms with Gasteiger partial charge in [-0.15, -0.1) is 0 Å². The molecule has 2 aromatic rings. The lowest BCUT2D eigenvalue weighted by Crippen LogP contribution is -2.54. The van der Waals surface area contributed by atoms with Crippen molar-refractivity contribution in [2.24, 2.45) is 5.92 Å². The van der Waals surface area contributed by atoms with Crippen molar-refractivity contribution < 1.29 is 9.53 Å². The molecule has 0 N–H and O–H groups in total. The van der Waals surface area contributed by atoms with Crippen molar-refractivity contribution in [1.29, 1.82) is 0 Å². The Balaban J connectivity index is 1.42. The van der Waals surface area contributed by atoms with E-state index in [4.69, 9.17) is 16.3 Å². The lowest BCUT2D eigenvalue weighted by molar-refractivity contribution is -0.143. The number of carbonyl (C=O) groups is 1. The molecule has 0 radical (unpaired) electrons. The van der Waals surface area contributed by atoms with Crippen molar-refractivity contribution in [3.05, 3.63) is 65.2 Å². The number of halogens is 1. The van der Waals surface area contributed by atoms with Gasteiger partial charge in [0.2, 0.25) is 5.91 Å². The van der Waals surface area contributed by atoms with Crippen molar-refractivity contribution in [1.82, 2.24) is 4.90 Å². The van der Waals surface area contributed by atoms with E-state index in [0.717, 1.165) is 61.5 Å². The Morgan fingerprint density at radius 3 is 2.48 bits per heavy atom. The van der Waals surface area contributed by atoms with Crippen LogP contribution >= 0.6 is 11.6 Å². The third-order valence-corrected chi connectivity index (χ3v) is 6.30. The third-order valence-electron chi connectivity index (χ3n) is 6.05. The summed E-state index contributed by atoms with van der Waals surface area (Å²) in [6.45, 7) is 2.32. The normalized spacial score (nSPS) is 21.4. The van der Waals surface area contributed by atoms with Crippen molar-refractivity contribution >= 4 is 17.5 Å². The SMILES string of the molecule is O=C(N1CCCC(COc2ccccc2)C1)C1(c2ccc(Cl)cc2)CCC1. The van der Waals surface area contributed by atoms with Crippen LogP contribution in [0.3, 0.4) is 0 Å². The van der Waals surface area contributed by atoms with E-state index in [-0.39, 0.29) is 5.41 Å². The molecular weight excluding hydrogens is 358 g/mol. The maximum atomic E-state index is 13.5. The summed E-state index contributed by atoms with van der Waals surface area (Å²) in [6.07, 6.45) is 5.16. The number of ether oxygens (including phenoxy) is 1. The van der Waals surface area contributed by atoms with E-state index >= 15 is 0 Å². The van der Waals surface area contributed by atoms with E-state index in [1.54, 1.807) is 0 Å². The fourth-order valence-corrected chi connectivity index (χ4v) is 4.47. The number of hydrogen-bond acceptors (Lipinski definition) is 2. The van der Waals surface area contributed by atoms with Crippen LogP contribution in [0.4, 0.5) is 0 Å². The highest BCUT2D eigenvalue weighted by atomic mass is 35.5. The predicted molar refractivity (Wildman–Crippen MR) is 108 cm³/mol. The maximum Gasteiger partial charge on any atom is 0.233 e. The monoisotopic (exact) mass is 383 g/mol. The number of nitrogens with zero attached hydrogens (tertiary/aromatic N) is 1. The minimum atomic E-state index is -0.341. The molecule has 1 amide bonds. The van der Waals surface area contributed by atoms with E-state index in [1.165, 1.54) is 0 Å². The second kappa shape index (κ2) is 7.93. The van der Waals surface area contributed by atoms with Gasteiger partial charge in [-0.05, 0) is 55.5 Å². The van der Waals surface area contributed by atoms with Crippen LogP contribution in [0.15, 0.2) is 54.6 Å². The molecule has 0 bridgehead atoms. The number of carbonyl (C=O) groups excluding carboxylic acids is 1. The zero-order chi connectivity index (χ0) is 18.7. The van der Waals surface area contributed by atoms with Crippen LogP contribution in [-0.4, -0.2) is 30.5 Å². The van der Waals surface area contributed by atoms with Crippen LogP contribution < -0.4 is 4.74 Å². The second-order valence-electron chi connectivity index (χ2n) is 7.83. The summed E-state index contributed by atoms with van der Waals surface area (Å²) in [5, 5.41) is 0.719. The Morgan fingerprint density at radius 1 is 1.07 bits per heavy atom. The molecule has 2 aliphatic rings. The number of rotatable bonds is 5. The number of amides is 1. The number of likely N-dealkylation sites (tertiary alicyclic amines) is 1. The van der Waals surface area contributed by atoms with Gasteiger partial charge >= 0.3 is 0 Å². The largest absolute Gasteiger partial charge is 0.493 e. The Kier molecular flexibility index (Phi) is 5.40. The molecule has 1 heterocycles. The molecule has 4 heteroatoms. The van der Waals surface area contributed by atoms with E-state index in [1.807, 2.05) is 54.6 Å². The average Bonchev–Trinajstić information content (AvgIpc) is 2.68. The van der Waals surface area contributed by atoms with Gasteiger partial charge in [0.05, 0.1) is 12.0 Å². The minimum absolute atomic E-state index is 0.292. The van der Waals surface area contributed by atoms with Crippen molar-refractivity contribution in [2.45, 2.75) is 37.5 Å². The molecule has 27 heavy (non-hydrogen) atoms. The molecule has 1 saturated heterocycles. The number of benzene rings is 2. The quantitative estimate of drug-likeness (QED) is 0.720. The fraction of sp³-hybridized carbons (Fsp3) is 0.435. The smallest absolute Gasteiger partial charge is 0.233 e. The molecule has 1 aliphatic carbocycles. The van der Waals surface area contributed by atoms with Crippen molar-refractivity contribution in [3.63, 3.8) is 0 Å². The topological polar surface area (TPSA) is 29.5 Å². The summed E-state index contributed by atoms with van der Waals surface area (Å²) in [7, 11) is 0. The predicted octanol–water partition coefficient (Wildman–Crippen LogP) is 5.08. The van der Waals surface area contributed by atoms with Gasteiger partial charge in [-0.1, -0.05) is 48.4 Å². The van der Waals surface area contributed by atoms with E-state index in [9.17, 15) is 4.79 Å². The summed E-state index contributed by atoms with van der Waals surface area (Å²) in [5.74, 6) is 1.59. The first kappa shape index (κ1) is 18.4. The first-order valence-electron chi connectivity index (χ1n) is 9.91. The van der Waals surface area contributed by atoms with Gasteiger partial charge in [0.1, 0.15) is 5.75 Å². The van der Waals surface area contributed by atoms with Gasteiger partial charge in [-0.2, -0.15) is 0 Å². The first-order valence-corrected chi connectivity index (χ1v) is 10.3. The average molecular weight is 384 g/mol. The molecule has 1 unspecified atom stereocenters. The van der Waals surface area contributed by atoms with Gasteiger partial charge in [0.15, 0.2) is 0 Å². The molecule has 0 spiro atoms. The molecule has 4 rings (SSSR count). The minimum Gasteiger partial charge on any atom is -0.493 e. The second-order valence-corrected chi connectivity index (χ2v) is 8.26. The van der Waals surface area contributed by atoms with E-state index in [0.29, 0.717) is 18.4 Å². The van der Waals surface area contributed by atoms with Crippen molar-refractivity contribution in [3.8, 4) is 5.75 Å². The van der Waals surface area contributed by atoms with Gasteiger partial charge in [0.25, 0.3) is 0 Å². The van der Waals surface area contributed by atoms with Crippen LogP contribution in [0.1, 0.15) is 37.7 Å². The lowest BCUT2D eigenvalue weighted by Gasteiger charge is -2.46. The maximum absolute atomic E-state index is 13.5. The standard InChI is InChI=1S/C23H26ClNO2/c24-20-11-9-19(10-12-20)23(13-5-14-23)22(26)25-15-4-6-18(16-25)17-27-21-7-2-1-3-8-21/h1-3,7-12,18H,4-6,13-17H2. The molecule has 1 saturated carbocycles. The molecule has 1 atom stereocenters. The first-order chi connectivity index (χ1) is 13.2. The summed E-state index contributed by atoms with van der Waals surface area (Å²) in [6, 6.07) is 17.8. The van der Waals surface area contributed by atoms with Gasteiger partial charge in [-0.3, -0.25) is 4.79 Å². The molecule has 142 valence electrons. The van der Waals surface area contributed by atoms with E-state index < -0.39 is 0 Å². The lowest BCUT2D eigenvalue weighted by atomic mass is 9.63. The van der Waals surface area contributed by atoms with Crippen LogP contribution in [0, 0.1) is 5.92 Å². The Morgan fingerprint density at radius 2 is 1.81 bits per heavy atom. The van der Waals surface area contributed by atoms with Gasteiger partial charge in [0, 0.05) is 24.0 Å². The number of para-hydroxylation sites is 1. The number of hydrogen-bond donors (Lipinski definition) is 0.